The van der Waals surface area contributed by atoms with Crippen molar-refractivity contribution in [2.45, 2.75) is 31.9 Å². The number of amides is 1. The molecule has 7 nitrogen and oxygen atoms in total. The molecule has 1 N–H and O–H groups in total. The maximum Gasteiger partial charge on any atom is 0.238 e. The summed E-state index contributed by atoms with van der Waals surface area (Å²) in [5.74, 6) is 0.379. The van der Waals surface area contributed by atoms with Crippen LogP contribution in [-0.4, -0.2) is 63.3 Å². The van der Waals surface area contributed by atoms with Gasteiger partial charge in [-0.1, -0.05) is 25.1 Å². The SMILES string of the molecule is CCCS(=O)(=O)N1C[C@@H](Oc2ccccc2)C[C@H]1C(=O)NCCOC. The third kappa shape index (κ3) is 5.42. The summed E-state index contributed by atoms with van der Waals surface area (Å²) in [6.45, 7) is 2.71. The number of hydrogen-bond donors (Lipinski definition) is 1. The molecule has 0 bridgehead atoms. The second kappa shape index (κ2) is 9.17. The first-order valence-electron chi connectivity index (χ1n) is 8.45. The summed E-state index contributed by atoms with van der Waals surface area (Å²) in [5, 5.41) is 2.73. The van der Waals surface area contributed by atoms with Crippen LogP contribution in [0.4, 0.5) is 0 Å². The molecule has 1 saturated heterocycles. The molecular formula is C17H26N2O5S. The Bertz CT molecular complexity index is 650. The highest BCUT2D eigenvalue weighted by molar-refractivity contribution is 7.89. The van der Waals surface area contributed by atoms with Crippen molar-refractivity contribution in [1.29, 1.82) is 0 Å². The van der Waals surface area contributed by atoms with Crippen LogP contribution in [0.15, 0.2) is 30.3 Å². The van der Waals surface area contributed by atoms with Gasteiger partial charge in [0.1, 0.15) is 17.9 Å². The largest absolute Gasteiger partial charge is 0.489 e. The van der Waals surface area contributed by atoms with Crippen LogP contribution in [0.1, 0.15) is 19.8 Å². The smallest absolute Gasteiger partial charge is 0.238 e. The van der Waals surface area contributed by atoms with Gasteiger partial charge in [-0.05, 0) is 18.6 Å². The van der Waals surface area contributed by atoms with Crippen LogP contribution in [0, 0.1) is 0 Å². The van der Waals surface area contributed by atoms with Gasteiger partial charge in [0.2, 0.25) is 15.9 Å². The van der Waals surface area contributed by atoms with Gasteiger partial charge in [-0.15, -0.1) is 0 Å². The van der Waals surface area contributed by atoms with Gasteiger partial charge in [0.15, 0.2) is 0 Å². The van der Waals surface area contributed by atoms with Crippen LogP contribution in [-0.2, 0) is 19.6 Å². The number of hydrogen-bond acceptors (Lipinski definition) is 5. The Hall–Kier alpha value is -1.64. The van der Waals surface area contributed by atoms with Crippen molar-refractivity contribution in [3.63, 3.8) is 0 Å². The minimum Gasteiger partial charge on any atom is -0.489 e. The van der Waals surface area contributed by atoms with E-state index < -0.39 is 16.1 Å². The van der Waals surface area contributed by atoms with Crippen molar-refractivity contribution < 1.29 is 22.7 Å². The normalized spacial score (nSPS) is 21.2. The van der Waals surface area contributed by atoms with E-state index in [0.29, 0.717) is 31.7 Å². The molecule has 140 valence electrons. The standard InChI is InChI=1S/C17H26N2O5S/c1-3-11-25(21,22)19-13-15(24-14-7-5-4-6-8-14)12-16(19)17(20)18-9-10-23-2/h4-8,15-16H,3,9-13H2,1-2H3,(H,18,20)/t15-,16-/m0/s1. The number of nitrogens with zero attached hydrogens (tertiary/aromatic N) is 1. The fourth-order valence-corrected chi connectivity index (χ4v) is 4.57. The quantitative estimate of drug-likeness (QED) is 0.656. The van der Waals surface area contributed by atoms with Gasteiger partial charge >= 0.3 is 0 Å². The average Bonchev–Trinajstić information content (AvgIpc) is 3.01. The molecule has 0 saturated carbocycles. The summed E-state index contributed by atoms with van der Waals surface area (Å²) in [6.07, 6.45) is 0.477. The first kappa shape index (κ1) is 19.7. The maximum absolute atomic E-state index is 12.5. The van der Waals surface area contributed by atoms with Gasteiger partial charge in [-0.2, -0.15) is 4.31 Å². The van der Waals surface area contributed by atoms with E-state index in [0.717, 1.165) is 0 Å². The highest BCUT2D eigenvalue weighted by Gasteiger charge is 2.43. The molecule has 1 aromatic rings. The predicted octanol–water partition coefficient (Wildman–Crippen LogP) is 1.01. The van der Waals surface area contributed by atoms with Crippen molar-refractivity contribution in [1.82, 2.24) is 9.62 Å². The number of nitrogens with one attached hydrogen (secondary N) is 1. The molecule has 0 unspecified atom stereocenters. The Balaban J connectivity index is 2.11. The molecule has 1 heterocycles. The first-order chi connectivity index (χ1) is 12.0. The molecule has 1 aromatic carbocycles. The van der Waals surface area contributed by atoms with Crippen LogP contribution in [0.5, 0.6) is 5.75 Å². The zero-order valence-corrected chi connectivity index (χ0v) is 15.5. The molecule has 25 heavy (non-hydrogen) atoms. The number of para-hydroxylation sites is 1. The highest BCUT2D eigenvalue weighted by Crippen LogP contribution is 2.26. The molecule has 1 fully saturated rings. The molecule has 2 rings (SSSR count). The third-order valence-corrected chi connectivity index (χ3v) is 6.03. The molecule has 1 aliphatic rings. The van der Waals surface area contributed by atoms with Gasteiger partial charge in [-0.25, -0.2) is 8.42 Å². The van der Waals surface area contributed by atoms with Crippen molar-refractivity contribution in [2.75, 3.05) is 32.6 Å². The minimum atomic E-state index is -3.50. The van der Waals surface area contributed by atoms with E-state index in [1.54, 1.807) is 14.0 Å². The van der Waals surface area contributed by atoms with Gasteiger partial charge < -0.3 is 14.8 Å². The number of rotatable bonds is 9. The topological polar surface area (TPSA) is 84.9 Å². The molecule has 0 aromatic heterocycles. The summed E-state index contributed by atoms with van der Waals surface area (Å²) >= 11 is 0. The summed E-state index contributed by atoms with van der Waals surface area (Å²) < 4.78 is 37.2. The Morgan fingerprint density at radius 1 is 1.32 bits per heavy atom. The summed E-state index contributed by atoms with van der Waals surface area (Å²) in [4.78, 5) is 12.5. The van der Waals surface area contributed by atoms with E-state index in [-0.39, 0.29) is 24.3 Å². The molecule has 1 amide bonds. The summed E-state index contributed by atoms with van der Waals surface area (Å²) in [6, 6.07) is 8.47. The number of ether oxygens (including phenoxy) is 2. The monoisotopic (exact) mass is 370 g/mol. The lowest BCUT2D eigenvalue weighted by Crippen LogP contribution is -2.47. The van der Waals surface area contributed by atoms with Crippen LogP contribution in [0.3, 0.4) is 0 Å². The van der Waals surface area contributed by atoms with Crippen molar-refractivity contribution in [2.24, 2.45) is 0 Å². The second-order valence-corrected chi connectivity index (χ2v) is 8.02. The number of carbonyl (C=O) groups is 1. The van der Waals surface area contributed by atoms with Crippen molar-refractivity contribution >= 4 is 15.9 Å². The van der Waals surface area contributed by atoms with Gasteiger partial charge in [-0.3, -0.25) is 4.79 Å². The molecule has 1 aliphatic heterocycles. The van der Waals surface area contributed by atoms with E-state index in [2.05, 4.69) is 5.32 Å². The fraction of sp³-hybridized carbons (Fsp3) is 0.588. The average molecular weight is 370 g/mol. The Labute approximate surface area is 149 Å². The third-order valence-electron chi connectivity index (χ3n) is 3.99. The van der Waals surface area contributed by atoms with E-state index in [1.165, 1.54) is 4.31 Å². The Morgan fingerprint density at radius 3 is 2.68 bits per heavy atom. The van der Waals surface area contributed by atoms with E-state index in [4.69, 9.17) is 9.47 Å². The lowest BCUT2D eigenvalue weighted by atomic mass is 10.2. The number of benzene rings is 1. The molecule has 8 heteroatoms. The van der Waals surface area contributed by atoms with Crippen LogP contribution < -0.4 is 10.1 Å². The van der Waals surface area contributed by atoms with Crippen molar-refractivity contribution in [3.05, 3.63) is 30.3 Å². The van der Waals surface area contributed by atoms with Crippen LogP contribution in [0.2, 0.25) is 0 Å². The number of carbonyl (C=O) groups excluding carboxylic acids is 1. The van der Waals surface area contributed by atoms with Crippen LogP contribution in [0.25, 0.3) is 0 Å². The number of sulfonamides is 1. The molecule has 0 aliphatic carbocycles. The van der Waals surface area contributed by atoms with E-state index in [1.807, 2.05) is 30.3 Å². The molecule has 0 spiro atoms. The Kier molecular flexibility index (Phi) is 7.22. The second-order valence-electron chi connectivity index (χ2n) is 5.97. The summed E-state index contributed by atoms with van der Waals surface area (Å²) in [7, 11) is -1.95. The Morgan fingerprint density at radius 2 is 2.04 bits per heavy atom. The molecular weight excluding hydrogens is 344 g/mol. The minimum absolute atomic E-state index is 0.0207. The van der Waals surface area contributed by atoms with E-state index >= 15 is 0 Å². The van der Waals surface area contributed by atoms with Gasteiger partial charge in [0, 0.05) is 20.1 Å². The fourth-order valence-electron chi connectivity index (χ4n) is 2.86. The van der Waals surface area contributed by atoms with Gasteiger partial charge in [0.25, 0.3) is 0 Å². The first-order valence-corrected chi connectivity index (χ1v) is 10.1. The molecule has 0 radical (unpaired) electrons. The van der Waals surface area contributed by atoms with Crippen molar-refractivity contribution in [3.8, 4) is 5.75 Å². The van der Waals surface area contributed by atoms with E-state index in [9.17, 15) is 13.2 Å². The summed E-state index contributed by atoms with van der Waals surface area (Å²) in [5.41, 5.74) is 0. The lowest BCUT2D eigenvalue weighted by Gasteiger charge is -2.22. The molecule has 2 atom stereocenters. The zero-order valence-electron chi connectivity index (χ0n) is 14.7. The predicted molar refractivity (Wildman–Crippen MR) is 94.9 cm³/mol. The lowest BCUT2D eigenvalue weighted by molar-refractivity contribution is -0.124. The zero-order chi connectivity index (χ0) is 18.3. The maximum atomic E-state index is 12.5. The highest BCUT2D eigenvalue weighted by atomic mass is 32.2. The number of methoxy groups -OCH3 is 1. The van der Waals surface area contributed by atoms with Gasteiger partial charge in [0.05, 0.1) is 18.9 Å². The van der Waals surface area contributed by atoms with Crippen LogP contribution >= 0.6 is 0 Å².